The number of rotatable bonds is 5. The summed E-state index contributed by atoms with van der Waals surface area (Å²) in [5.74, 6) is -0.276. The summed E-state index contributed by atoms with van der Waals surface area (Å²) >= 11 is 7.45. The van der Waals surface area contributed by atoms with Crippen molar-refractivity contribution in [3.05, 3.63) is 101 Å². The largest absolute Gasteiger partial charge is 0.383 e. The Balaban J connectivity index is 1.76. The summed E-state index contributed by atoms with van der Waals surface area (Å²) in [4.78, 5) is 18.1. The zero-order valence-electron chi connectivity index (χ0n) is 18.2. The third-order valence-electron chi connectivity index (χ3n) is 5.38. The number of fused-ring (bicyclic) bond motifs is 1. The number of nitrogen functional groups attached to an aromatic ring is 1. The second-order valence-electron chi connectivity index (χ2n) is 7.66. The molecule has 0 aliphatic heterocycles. The van der Waals surface area contributed by atoms with E-state index >= 15 is 0 Å². The van der Waals surface area contributed by atoms with E-state index in [0.29, 0.717) is 37.1 Å². The lowest BCUT2D eigenvalue weighted by Gasteiger charge is -2.10. The summed E-state index contributed by atoms with van der Waals surface area (Å²) in [5, 5.41) is 17.4. The highest BCUT2D eigenvalue weighted by Gasteiger charge is 2.26. The molecule has 0 aliphatic rings. The van der Waals surface area contributed by atoms with Crippen LogP contribution in [0, 0.1) is 11.3 Å². The highest BCUT2D eigenvalue weighted by molar-refractivity contribution is 7.24. The Labute approximate surface area is 210 Å². The fourth-order valence-corrected chi connectivity index (χ4v) is 5.14. The van der Waals surface area contributed by atoms with Crippen molar-refractivity contribution in [1.29, 1.82) is 5.26 Å². The Bertz CT molecular complexity index is 1580. The van der Waals surface area contributed by atoms with E-state index in [-0.39, 0.29) is 17.3 Å². The van der Waals surface area contributed by atoms with Crippen LogP contribution >= 0.6 is 22.9 Å². The van der Waals surface area contributed by atoms with Gasteiger partial charge in [-0.1, -0.05) is 60.1 Å². The molecule has 5 aromatic rings. The number of thiophene rings is 1. The summed E-state index contributed by atoms with van der Waals surface area (Å²) < 4.78 is 0.676. The van der Waals surface area contributed by atoms with Gasteiger partial charge in [-0.25, -0.2) is 4.98 Å². The third-order valence-corrected chi connectivity index (χ3v) is 6.75. The number of halogens is 1. The van der Waals surface area contributed by atoms with E-state index in [1.165, 1.54) is 11.3 Å². The van der Waals surface area contributed by atoms with Gasteiger partial charge in [0, 0.05) is 22.0 Å². The second kappa shape index (κ2) is 9.47. The van der Waals surface area contributed by atoms with Crippen molar-refractivity contribution in [2.45, 2.75) is 0 Å². The van der Waals surface area contributed by atoms with Crippen molar-refractivity contribution < 1.29 is 4.79 Å². The molecule has 0 fully saturated rings. The lowest BCUT2D eigenvalue weighted by molar-refractivity contribution is 0.102. The first kappa shape index (κ1) is 22.4. The van der Waals surface area contributed by atoms with Crippen molar-refractivity contribution in [3.63, 3.8) is 0 Å². The van der Waals surface area contributed by atoms with Gasteiger partial charge in [0.05, 0.1) is 10.2 Å². The predicted octanol–water partition coefficient (Wildman–Crippen LogP) is 7.07. The van der Waals surface area contributed by atoms with E-state index in [0.717, 1.165) is 11.3 Å². The van der Waals surface area contributed by atoms with Crippen LogP contribution in [0.2, 0.25) is 5.02 Å². The first-order valence-electron chi connectivity index (χ1n) is 10.7. The van der Waals surface area contributed by atoms with E-state index in [1.54, 1.807) is 12.1 Å². The molecule has 0 saturated carbocycles. The number of amides is 1. The third kappa shape index (κ3) is 4.41. The van der Waals surface area contributed by atoms with Gasteiger partial charge < -0.3 is 16.4 Å². The van der Waals surface area contributed by atoms with Crippen molar-refractivity contribution in [2.24, 2.45) is 0 Å². The lowest BCUT2D eigenvalue weighted by Crippen LogP contribution is -2.13. The Morgan fingerprint density at radius 1 is 0.943 bits per heavy atom. The molecule has 1 amide bonds. The van der Waals surface area contributed by atoms with Crippen molar-refractivity contribution in [2.75, 3.05) is 16.4 Å². The number of benzene rings is 3. The summed E-state index contributed by atoms with van der Waals surface area (Å²) in [6, 6.07) is 28.1. The Hall–Kier alpha value is -4.38. The predicted molar refractivity (Wildman–Crippen MR) is 143 cm³/mol. The number of aromatic nitrogens is 1. The van der Waals surface area contributed by atoms with Gasteiger partial charge in [-0.15, -0.1) is 11.3 Å². The molecular weight excluding hydrogens is 478 g/mol. The molecule has 0 spiro atoms. The van der Waals surface area contributed by atoms with E-state index in [4.69, 9.17) is 17.3 Å². The lowest BCUT2D eigenvalue weighted by atomic mass is 10.00. The zero-order chi connectivity index (χ0) is 24.4. The van der Waals surface area contributed by atoms with E-state index < -0.39 is 0 Å². The first-order valence-corrected chi connectivity index (χ1v) is 11.8. The van der Waals surface area contributed by atoms with Crippen LogP contribution in [0.3, 0.4) is 0 Å². The van der Waals surface area contributed by atoms with Crippen LogP contribution in [0.1, 0.15) is 15.9 Å². The summed E-state index contributed by atoms with van der Waals surface area (Å²) in [7, 11) is 0. The highest BCUT2D eigenvalue weighted by atomic mass is 35.5. The number of hydrogen-bond acceptors (Lipinski definition) is 6. The van der Waals surface area contributed by atoms with E-state index in [2.05, 4.69) is 21.7 Å². The maximum Gasteiger partial charge on any atom is 0.260 e. The number of nitrogens with two attached hydrogens (primary N) is 1. The van der Waals surface area contributed by atoms with Gasteiger partial charge in [0.15, 0.2) is 0 Å². The van der Waals surface area contributed by atoms with Gasteiger partial charge in [0.1, 0.15) is 28.0 Å². The molecule has 0 unspecified atom stereocenters. The van der Waals surface area contributed by atoms with Gasteiger partial charge >= 0.3 is 0 Å². The van der Waals surface area contributed by atoms with Crippen LogP contribution < -0.4 is 16.4 Å². The highest BCUT2D eigenvalue weighted by Crippen LogP contribution is 2.44. The number of pyridine rings is 1. The standard InChI is InChI=1S/C27H18ClN5OS/c28-17-13-11-16(12-14-17)21-20(15-29)25(30)33-23-22(26(34)31-18-7-3-1-4-8-18)27(35-24(21)23)32-19-9-5-2-6-10-19/h1-14,32H,(H2,30,33)(H,31,34). The molecule has 0 radical (unpaired) electrons. The van der Waals surface area contributed by atoms with Crippen LogP contribution in [0.5, 0.6) is 0 Å². The number of anilines is 4. The van der Waals surface area contributed by atoms with E-state index in [1.807, 2.05) is 72.8 Å². The SMILES string of the molecule is N#Cc1c(N)nc2c(C(=O)Nc3ccccc3)c(Nc3ccccc3)sc2c1-c1ccc(Cl)cc1. The molecule has 2 aromatic heterocycles. The average Bonchev–Trinajstić information content (AvgIpc) is 3.22. The topological polar surface area (TPSA) is 104 Å². The molecule has 4 N–H and O–H groups in total. The molecule has 0 aliphatic carbocycles. The number of nitriles is 1. The molecule has 0 atom stereocenters. The monoisotopic (exact) mass is 495 g/mol. The molecule has 0 bridgehead atoms. The van der Waals surface area contributed by atoms with Crippen LogP contribution in [0.25, 0.3) is 21.3 Å². The smallest absolute Gasteiger partial charge is 0.260 e. The minimum absolute atomic E-state index is 0.0581. The minimum atomic E-state index is -0.334. The summed E-state index contributed by atoms with van der Waals surface area (Å²) in [5.41, 5.74) is 10.1. The maximum absolute atomic E-state index is 13.6. The van der Waals surface area contributed by atoms with Crippen LogP contribution in [0.4, 0.5) is 22.2 Å². The Morgan fingerprint density at radius 2 is 1.57 bits per heavy atom. The summed E-state index contributed by atoms with van der Waals surface area (Å²) in [6.45, 7) is 0. The second-order valence-corrected chi connectivity index (χ2v) is 9.12. The van der Waals surface area contributed by atoms with E-state index in [9.17, 15) is 10.1 Å². The molecule has 3 aromatic carbocycles. The van der Waals surface area contributed by atoms with Crippen LogP contribution in [-0.4, -0.2) is 10.9 Å². The normalized spacial score (nSPS) is 10.6. The van der Waals surface area contributed by atoms with Crippen molar-refractivity contribution >= 4 is 61.3 Å². The molecule has 0 saturated heterocycles. The molecular formula is C27H18ClN5OS. The van der Waals surface area contributed by atoms with Gasteiger partial charge in [0.2, 0.25) is 0 Å². The molecule has 170 valence electrons. The quantitative estimate of drug-likeness (QED) is 0.242. The number of nitrogens with one attached hydrogen (secondary N) is 2. The molecule has 2 heterocycles. The van der Waals surface area contributed by atoms with Gasteiger partial charge in [0.25, 0.3) is 5.91 Å². The molecule has 5 rings (SSSR count). The van der Waals surface area contributed by atoms with Crippen molar-refractivity contribution in [1.82, 2.24) is 4.98 Å². The summed E-state index contributed by atoms with van der Waals surface area (Å²) in [6.07, 6.45) is 0. The Morgan fingerprint density at radius 3 is 2.20 bits per heavy atom. The van der Waals surface area contributed by atoms with Gasteiger partial charge in [-0.3, -0.25) is 4.79 Å². The zero-order valence-corrected chi connectivity index (χ0v) is 19.8. The number of hydrogen-bond donors (Lipinski definition) is 3. The Kier molecular flexibility index (Phi) is 6.06. The minimum Gasteiger partial charge on any atom is -0.383 e. The number of carbonyl (C=O) groups is 1. The fraction of sp³-hybridized carbons (Fsp3) is 0. The molecule has 35 heavy (non-hydrogen) atoms. The molecule has 6 nitrogen and oxygen atoms in total. The number of para-hydroxylation sites is 2. The van der Waals surface area contributed by atoms with Gasteiger partial charge in [-0.2, -0.15) is 5.26 Å². The van der Waals surface area contributed by atoms with Crippen LogP contribution in [-0.2, 0) is 0 Å². The number of nitrogens with zero attached hydrogens (tertiary/aromatic N) is 2. The fourth-order valence-electron chi connectivity index (χ4n) is 3.79. The first-order chi connectivity index (χ1) is 17.0. The average molecular weight is 496 g/mol. The molecule has 8 heteroatoms. The number of carbonyl (C=O) groups excluding carboxylic acids is 1. The maximum atomic E-state index is 13.6. The van der Waals surface area contributed by atoms with Gasteiger partial charge in [-0.05, 0) is 42.0 Å². The van der Waals surface area contributed by atoms with Crippen LogP contribution in [0.15, 0.2) is 84.9 Å². The van der Waals surface area contributed by atoms with Crippen molar-refractivity contribution in [3.8, 4) is 17.2 Å².